The van der Waals surface area contributed by atoms with Gasteiger partial charge in [0.05, 0.1) is 19.3 Å². The van der Waals surface area contributed by atoms with E-state index < -0.39 is 12.1 Å². The third-order valence-corrected chi connectivity index (χ3v) is 3.33. The van der Waals surface area contributed by atoms with Crippen LogP contribution in [0.15, 0.2) is 48.5 Å². The molecule has 2 aromatic carbocycles. The normalized spacial score (nSPS) is 13.5. The van der Waals surface area contributed by atoms with Gasteiger partial charge in [0, 0.05) is 0 Å². The van der Waals surface area contributed by atoms with Gasteiger partial charge in [0.2, 0.25) is 0 Å². The Bertz CT molecular complexity index is 570. The van der Waals surface area contributed by atoms with Gasteiger partial charge in [0.25, 0.3) is 0 Å². The maximum atomic E-state index is 9.56. The van der Waals surface area contributed by atoms with Crippen LogP contribution < -0.4 is 15.2 Å². The number of aliphatic hydroxyl groups excluding tert-OH is 1. The molecule has 3 N–H and O–H groups in total. The molecular formula is C17H21NO3. The van der Waals surface area contributed by atoms with Crippen LogP contribution >= 0.6 is 0 Å². The fraction of sp³-hybridized carbons (Fsp3) is 0.294. The number of aliphatic hydroxyl groups is 1. The Morgan fingerprint density at radius 1 is 1.10 bits per heavy atom. The minimum Gasteiger partial charge on any atom is -0.493 e. The molecule has 0 amide bonds. The molecule has 4 heteroatoms. The van der Waals surface area contributed by atoms with Crippen molar-refractivity contribution in [2.24, 2.45) is 5.73 Å². The summed E-state index contributed by atoms with van der Waals surface area (Å²) in [5, 5.41) is 9.56. The molecule has 2 aromatic rings. The predicted octanol–water partition coefficient (Wildman–Crippen LogP) is 2.65. The maximum absolute atomic E-state index is 9.56. The van der Waals surface area contributed by atoms with Gasteiger partial charge in [0.15, 0.2) is 11.5 Å². The molecule has 0 aromatic heterocycles. The number of benzene rings is 2. The SMILES string of the molecule is COc1cc([C@H](N)[C@@H](C)O)ccc1OCc1ccccc1. The van der Waals surface area contributed by atoms with Crippen LogP contribution in [0.25, 0.3) is 0 Å². The Kier molecular flexibility index (Phi) is 5.20. The Balaban J connectivity index is 2.13. The van der Waals surface area contributed by atoms with Gasteiger partial charge < -0.3 is 20.3 Å². The summed E-state index contributed by atoms with van der Waals surface area (Å²) < 4.78 is 11.1. The summed E-state index contributed by atoms with van der Waals surface area (Å²) in [6, 6.07) is 14.9. The van der Waals surface area contributed by atoms with Crippen molar-refractivity contribution >= 4 is 0 Å². The van der Waals surface area contributed by atoms with E-state index in [9.17, 15) is 5.11 Å². The van der Waals surface area contributed by atoms with Gasteiger partial charge in [-0.25, -0.2) is 0 Å². The van der Waals surface area contributed by atoms with Crippen LogP contribution in [0.3, 0.4) is 0 Å². The summed E-state index contributed by atoms with van der Waals surface area (Å²) in [6.45, 7) is 2.13. The first-order valence-electron chi connectivity index (χ1n) is 6.90. The van der Waals surface area contributed by atoms with E-state index in [0.717, 1.165) is 11.1 Å². The second-order valence-corrected chi connectivity index (χ2v) is 4.95. The van der Waals surface area contributed by atoms with E-state index in [1.807, 2.05) is 42.5 Å². The van der Waals surface area contributed by atoms with Crippen molar-refractivity contribution in [2.75, 3.05) is 7.11 Å². The summed E-state index contributed by atoms with van der Waals surface area (Å²) >= 11 is 0. The number of nitrogens with two attached hydrogens (primary N) is 1. The fourth-order valence-electron chi connectivity index (χ4n) is 2.02. The number of ether oxygens (including phenoxy) is 2. The Labute approximate surface area is 125 Å². The van der Waals surface area contributed by atoms with E-state index in [1.54, 1.807) is 20.1 Å². The average molecular weight is 287 g/mol. The number of hydrogen-bond donors (Lipinski definition) is 2. The molecule has 0 bridgehead atoms. The number of rotatable bonds is 6. The molecule has 2 atom stereocenters. The lowest BCUT2D eigenvalue weighted by Crippen LogP contribution is -2.23. The molecule has 0 aliphatic rings. The van der Waals surface area contributed by atoms with Crippen molar-refractivity contribution < 1.29 is 14.6 Å². The summed E-state index contributed by atoms with van der Waals surface area (Å²) in [4.78, 5) is 0. The van der Waals surface area contributed by atoms with Gasteiger partial charge in [-0.1, -0.05) is 36.4 Å². The van der Waals surface area contributed by atoms with Crippen LogP contribution in [0.2, 0.25) is 0 Å². The Morgan fingerprint density at radius 3 is 2.43 bits per heavy atom. The lowest BCUT2D eigenvalue weighted by Gasteiger charge is -2.17. The molecule has 0 spiro atoms. The van der Waals surface area contributed by atoms with Crippen molar-refractivity contribution in [2.45, 2.75) is 25.7 Å². The van der Waals surface area contributed by atoms with Crippen molar-refractivity contribution in [3.63, 3.8) is 0 Å². The Hall–Kier alpha value is -2.04. The van der Waals surface area contributed by atoms with Gasteiger partial charge in [-0.3, -0.25) is 0 Å². The highest BCUT2D eigenvalue weighted by Crippen LogP contribution is 2.31. The average Bonchev–Trinajstić information content (AvgIpc) is 2.53. The lowest BCUT2D eigenvalue weighted by atomic mass is 10.0. The summed E-state index contributed by atoms with van der Waals surface area (Å²) in [6.07, 6.45) is -0.620. The number of methoxy groups -OCH3 is 1. The van der Waals surface area contributed by atoms with E-state index in [4.69, 9.17) is 15.2 Å². The van der Waals surface area contributed by atoms with Crippen LogP contribution in [0.5, 0.6) is 11.5 Å². The first-order valence-corrected chi connectivity index (χ1v) is 6.90. The first-order chi connectivity index (χ1) is 10.1. The summed E-state index contributed by atoms with van der Waals surface area (Å²) in [5.74, 6) is 1.27. The molecule has 0 unspecified atom stereocenters. The van der Waals surface area contributed by atoms with E-state index in [1.165, 1.54) is 0 Å². The third-order valence-electron chi connectivity index (χ3n) is 3.33. The van der Waals surface area contributed by atoms with Crippen molar-refractivity contribution in [1.29, 1.82) is 0 Å². The molecule has 112 valence electrons. The molecule has 0 heterocycles. The van der Waals surface area contributed by atoms with E-state index in [0.29, 0.717) is 18.1 Å². The molecule has 21 heavy (non-hydrogen) atoms. The van der Waals surface area contributed by atoms with Crippen LogP contribution in [0, 0.1) is 0 Å². The molecule has 0 aliphatic heterocycles. The highest BCUT2D eigenvalue weighted by molar-refractivity contribution is 5.44. The van der Waals surface area contributed by atoms with Gasteiger partial charge in [-0.15, -0.1) is 0 Å². The van der Waals surface area contributed by atoms with E-state index in [2.05, 4.69) is 0 Å². The molecule has 0 saturated carbocycles. The van der Waals surface area contributed by atoms with E-state index >= 15 is 0 Å². The molecule has 4 nitrogen and oxygen atoms in total. The van der Waals surface area contributed by atoms with Gasteiger partial charge in [-0.05, 0) is 30.2 Å². The van der Waals surface area contributed by atoms with Crippen LogP contribution in [0.1, 0.15) is 24.1 Å². The van der Waals surface area contributed by atoms with E-state index in [-0.39, 0.29) is 0 Å². The zero-order valence-electron chi connectivity index (χ0n) is 12.3. The second kappa shape index (κ2) is 7.11. The molecule has 0 fully saturated rings. The summed E-state index contributed by atoms with van der Waals surface area (Å²) in [5.41, 5.74) is 7.83. The van der Waals surface area contributed by atoms with Gasteiger partial charge in [-0.2, -0.15) is 0 Å². The maximum Gasteiger partial charge on any atom is 0.161 e. The van der Waals surface area contributed by atoms with Crippen LogP contribution in [-0.4, -0.2) is 18.3 Å². The fourth-order valence-corrected chi connectivity index (χ4v) is 2.02. The quantitative estimate of drug-likeness (QED) is 0.857. The molecular weight excluding hydrogens is 266 g/mol. The monoisotopic (exact) mass is 287 g/mol. The molecule has 0 saturated heterocycles. The lowest BCUT2D eigenvalue weighted by molar-refractivity contribution is 0.164. The van der Waals surface area contributed by atoms with Crippen molar-refractivity contribution in [3.8, 4) is 11.5 Å². The third kappa shape index (κ3) is 3.97. The highest BCUT2D eigenvalue weighted by atomic mass is 16.5. The van der Waals surface area contributed by atoms with Crippen LogP contribution in [0.4, 0.5) is 0 Å². The first kappa shape index (κ1) is 15.4. The van der Waals surface area contributed by atoms with Gasteiger partial charge >= 0.3 is 0 Å². The topological polar surface area (TPSA) is 64.7 Å². The van der Waals surface area contributed by atoms with Crippen molar-refractivity contribution in [3.05, 3.63) is 59.7 Å². The van der Waals surface area contributed by atoms with Crippen molar-refractivity contribution in [1.82, 2.24) is 0 Å². The minimum atomic E-state index is -0.620. The molecule has 0 radical (unpaired) electrons. The zero-order chi connectivity index (χ0) is 15.2. The smallest absolute Gasteiger partial charge is 0.161 e. The second-order valence-electron chi connectivity index (χ2n) is 4.95. The minimum absolute atomic E-state index is 0.443. The summed E-state index contributed by atoms with van der Waals surface area (Å²) in [7, 11) is 1.59. The molecule has 2 rings (SSSR count). The number of hydrogen-bond acceptors (Lipinski definition) is 4. The Morgan fingerprint density at radius 2 is 1.81 bits per heavy atom. The van der Waals surface area contributed by atoms with Crippen LogP contribution in [-0.2, 0) is 6.61 Å². The largest absolute Gasteiger partial charge is 0.493 e. The standard InChI is InChI=1S/C17H21NO3/c1-12(19)17(18)14-8-9-15(16(10-14)20-2)21-11-13-6-4-3-5-7-13/h3-10,12,17,19H,11,18H2,1-2H3/t12-,17-/m1/s1. The highest BCUT2D eigenvalue weighted by Gasteiger charge is 2.15. The zero-order valence-corrected chi connectivity index (χ0v) is 12.3. The van der Waals surface area contributed by atoms with Gasteiger partial charge in [0.1, 0.15) is 6.61 Å². The predicted molar refractivity (Wildman–Crippen MR) is 82.4 cm³/mol. The molecule has 0 aliphatic carbocycles.